The molecule has 0 aliphatic carbocycles. The summed E-state index contributed by atoms with van der Waals surface area (Å²) < 4.78 is 0. The predicted octanol–water partition coefficient (Wildman–Crippen LogP) is 1.46. The fraction of sp³-hybridized carbons (Fsp3) is 0.0833. The zero-order valence-corrected chi connectivity index (χ0v) is 9.62. The summed E-state index contributed by atoms with van der Waals surface area (Å²) in [6, 6.07) is 6.59. The zero-order valence-electron chi connectivity index (χ0n) is 9.62. The summed E-state index contributed by atoms with van der Waals surface area (Å²) in [5.41, 5.74) is 1.69. The van der Waals surface area contributed by atoms with E-state index < -0.39 is 11.9 Å². The average molecular weight is 248 g/mol. The van der Waals surface area contributed by atoms with Gasteiger partial charge in [0.1, 0.15) is 0 Å². The second kappa shape index (κ2) is 6.19. The number of anilines is 1. The van der Waals surface area contributed by atoms with Crippen molar-refractivity contribution in [3.8, 4) is 0 Å². The van der Waals surface area contributed by atoms with Crippen molar-refractivity contribution in [1.29, 1.82) is 0 Å². The molecule has 0 saturated carbocycles. The van der Waals surface area contributed by atoms with Crippen LogP contribution in [0.4, 0.5) is 5.69 Å². The molecule has 18 heavy (non-hydrogen) atoms. The molecule has 0 atom stereocenters. The van der Waals surface area contributed by atoms with Crippen LogP contribution in [-0.4, -0.2) is 27.9 Å². The summed E-state index contributed by atoms with van der Waals surface area (Å²) in [4.78, 5) is 21.5. The number of nitrogens with one attached hydrogen (secondary N) is 1. The lowest BCUT2D eigenvalue weighted by atomic mass is 10.1. The number of oxime groups is 1. The van der Waals surface area contributed by atoms with Crippen molar-refractivity contribution in [2.24, 2.45) is 5.16 Å². The number of aliphatic carboxylic acids is 1. The first-order valence-corrected chi connectivity index (χ1v) is 5.04. The highest BCUT2D eigenvalue weighted by atomic mass is 16.4. The van der Waals surface area contributed by atoms with E-state index in [-0.39, 0.29) is 0 Å². The van der Waals surface area contributed by atoms with E-state index in [2.05, 4.69) is 10.5 Å². The third-order valence-electron chi connectivity index (χ3n) is 2.10. The van der Waals surface area contributed by atoms with Crippen molar-refractivity contribution in [3.63, 3.8) is 0 Å². The van der Waals surface area contributed by atoms with E-state index in [4.69, 9.17) is 10.3 Å². The Balaban J connectivity index is 2.70. The van der Waals surface area contributed by atoms with Crippen LogP contribution in [0.2, 0.25) is 0 Å². The molecule has 0 aliphatic rings. The predicted molar refractivity (Wildman–Crippen MR) is 65.8 cm³/mol. The first kappa shape index (κ1) is 13.4. The van der Waals surface area contributed by atoms with Gasteiger partial charge < -0.3 is 15.6 Å². The Labute approximate surface area is 103 Å². The minimum atomic E-state index is -1.18. The number of carbonyl (C=O) groups is 2. The zero-order chi connectivity index (χ0) is 13.5. The largest absolute Gasteiger partial charge is 0.478 e. The number of amides is 1. The molecule has 0 aliphatic heterocycles. The maximum Gasteiger partial charge on any atom is 0.328 e. The molecule has 1 aromatic carbocycles. The van der Waals surface area contributed by atoms with Crippen LogP contribution in [0, 0.1) is 0 Å². The van der Waals surface area contributed by atoms with E-state index in [0.717, 1.165) is 17.7 Å². The number of hydrogen-bond acceptors (Lipinski definition) is 4. The molecule has 0 aromatic heterocycles. The van der Waals surface area contributed by atoms with Crippen LogP contribution in [0.1, 0.15) is 12.5 Å². The molecule has 0 heterocycles. The van der Waals surface area contributed by atoms with Gasteiger partial charge in [-0.2, -0.15) is 0 Å². The normalized spacial score (nSPS) is 11.5. The van der Waals surface area contributed by atoms with Gasteiger partial charge in [0.25, 0.3) is 0 Å². The number of carboxylic acids is 1. The van der Waals surface area contributed by atoms with Gasteiger partial charge in [-0.05, 0) is 24.6 Å². The molecule has 0 bridgehead atoms. The van der Waals surface area contributed by atoms with Crippen molar-refractivity contribution in [2.75, 3.05) is 5.32 Å². The topological polar surface area (TPSA) is 99.0 Å². The Morgan fingerprint density at radius 3 is 2.33 bits per heavy atom. The van der Waals surface area contributed by atoms with Gasteiger partial charge in [0.15, 0.2) is 0 Å². The van der Waals surface area contributed by atoms with E-state index in [0.29, 0.717) is 11.4 Å². The van der Waals surface area contributed by atoms with E-state index in [1.165, 1.54) is 0 Å². The lowest BCUT2D eigenvalue weighted by Crippen LogP contribution is -2.08. The number of hydrogen-bond donors (Lipinski definition) is 3. The summed E-state index contributed by atoms with van der Waals surface area (Å²) in [5.74, 6) is -1.71. The monoisotopic (exact) mass is 248 g/mol. The Hall–Kier alpha value is -2.63. The molecular weight excluding hydrogens is 236 g/mol. The number of carboxylic acid groups (broad SMARTS) is 1. The standard InChI is InChI=1S/C12H12N2O4/c1-8(14-18)9-2-4-10(5-3-9)13-11(15)6-7-12(16)17/h2-7,18H,1H3,(H,13,15)(H,16,17). The van der Waals surface area contributed by atoms with Crippen LogP contribution in [0.5, 0.6) is 0 Å². The number of carbonyl (C=O) groups excluding carboxylic acids is 1. The molecule has 3 N–H and O–H groups in total. The summed E-state index contributed by atoms with van der Waals surface area (Å²) in [5, 5.41) is 22.5. The molecule has 0 saturated heterocycles. The number of benzene rings is 1. The molecule has 1 rings (SSSR count). The molecule has 0 spiro atoms. The quantitative estimate of drug-likeness (QED) is 0.325. The maximum absolute atomic E-state index is 11.3. The molecule has 0 radical (unpaired) electrons. The molecule has 6 heteroatoms. The summed E-state index contributed by atoms with van der Waals surface area (Å²) in [7, 11) is 0. The molecule has 6 nitrogen and oxygen atoms in total. The lowest BCUT2D eigenvalue weighted by Gasteiger charge is -2.03. The van der Waals surface area contributed by atoms with Gasteiger partial charge in [0.05, 0.1) is 5.71 Å². The summed E-state index contributed by atoms with van der Waals surface area (Å²) >= 11 is 0. The van der Waals surface area contributed by atoms with Gasteiger partial charge in [-0.15, -0.1) is 0 Å². The van der Waals surface area contributed by atoms with E-state index in [1.807, 2.05) is 0 Å². The van der Waals surface area contributed by atoms with Crippen LogP contribution in [0.25, 0.3) is 0 Å². The molecular formula is C12H12N2O4. The van der Waals surface area contributed by atoms with Gasteiger partial charge in [0, 0.05) is 17.8 Å². The van der Waals surface area contributed by atoms with Crippen molar-refractivity contribution in [2.45, 2.75) is 6.92 Å². The molecule has 0 fully saturated rings. The Bertz CT molecular complexity index is 503. The van der Waals surface area contributed by atoms with Crippen molar-refractivity contribution < 1.29 is 19.9 Å². The van der Waals surface area contributed by atoms with Crippen LogP contribution in [0.15, 0.2) is 41.6 Å². The fourth-order valence-corrected chi connectivity index (χ4v) is 1.18. The van der Waals surface area contributed by atoms with Crippen LogP contribution < -0.4 is 5.32 Å². The fourth-order valence-electron chi connectivity index (χ4n) is 1.18. The van der Waals surface area contributed by atoms with Gasteiger partial charge >= 0.3 is 5.97 Å². The Morgan fingerprint density at radius 2 is 1.83 bits per heavy atom. The third-order valence-corrected chi connectivity index (χ3v) is 2.10. The molecule has 0 unspecified atom stereocenters. The number of nitrogens with zero attached hydrogens (tertiary/aromatic N) is 1. The third kappa shape index (κ3) is 4.09. The van der Waals surface area contributed by atoms with Crippen molar-refractivity contribution in [3.05, 3.63) is 42.0 Å². The SMILES string of the molecule is CC(=NO)c1ccc(NC(=O)C=CC(=O)O)cc1. The maximum atomic E-state index is 11.3. The highest BCUT2D eigenvalue weighted by Gasteiger charge is 2.01. The first-order chi connectivity index (χ1) is 8.52. The van der Waals surface area contributed by atoms with E-state index >= 15 is 0 Å². The van der Waals surface area contributed by atoms with Gasteiger partial charge in [-0.3, -0.25) is 4.79 Å². The van der Waals surface area contributed by atoms with E-state index in [1.54, 1.807) is 31.2 Å². The molecule has 94 valence electrons. The highest BCUT2D eigenvalue weighted by molar-refractivity contribution is 6.03. The first-order valence-electron chi connectivity index (χ1n) is 5.04. The van der Waals surface area contributed by atoms with Gasteiger partial charge in [-0.1, -0.05) is 17.3 Å². The van der Waals surface area contributed by atoms with Crippen LogP contribution in [0.3, 0.4) is 0 Å². The highest BCUT2D eigenvalue weighted by Crippen LogP contribution is 2.10. The molecule has 1 aromatic rings. The number of rotatable bonds is 4. The average Bonchev–Trinajstić information content (AvgIpc) is 2.36. The van der Waals surface area contributed by atoms with Crippen molar-refractivity contribution in [1.82, 2.24) is 0 Å². The second-order valence-electron chi connectivity index (χ2n) is 3.42. The van der Waals surface area contributed by atoms with Gasteiger partial charge in [-0.25, -0.2) is 4.79 Å². The Morgan fingerprint density at radius 1 is 1.22 bits per heavy atom. The van der Waals surface area contributed by atoms with Crippen LogP contribution in [-0.2, 0) is 9.59 Å². The lowest BCUT2D eigenvalue weighted by molar-refractivity contribution is -0.131. The minimum Gasteiger partial charge on any atom is -0.478 e. The van der Waals surface area contributed by atoms with E-state index in [9.17, 15) is 9.59 Å². The van der Waals surface area contributed by atoms with Crippen LogP contribution >= 0.6 is 0 Å². The second-order valence-corrected chi connectivity index (χ2v) is 3.42. The van der Waals surface area contributed by atoms with Gasteiger partial charge in [0.2, 0.25) is 5.91 Å². The minimum absolute atomic E-state index is 0.457. The van der Waals surface area contributed by atoms with Crippen molar-refractivity contribution >= 4 is 23.3 Å². The summed E-state index contributed by atoms with van der Waals surface area (Å²) in [6.07, 6.45) is 1.68. The summed E-state index contributed by atoms with van der Waals surface area (Å²) in [6.45, 7) is 1.64. The molecule has 1 amide bonds. The smallest absolute Gasteiger partial charge is 0.328 e. The Kier molecular flexibility index (Phi) is 4.62.